The normalized spacial score (nSPS) is 25.6. The fourth-order valence-corrected chi connectivity index (χ4v) is 10.1. The Balaban J connectivity index is 0.791. The number of fused-ring (bicyclic) bond motifs is 4. The van der Waals surface area contributed by atoms with Crippen LogP contribution in [0, 0.1) is 11.8 Å². The molecule has 0 radical (unpaired) electrons. The van der Waals surface area contributed by atoms with Gasteiger partial charge in [0.1, 0.15) is 5.02 Å². The maximum Gasteiger partial charge on any atom is 0.301 e. The van der Waals surface area contributed by atoms with E-state index in [1.165, 1.54) is 16.3 Å². The number of carbonyl (C=O) groups excluding carboxylic acids is 2. The van der Waals surface area contributed by atoms with Crippen molar-refractivity contribution in [2.24, 2.45) is 25.9 Å². The second kappa shape index (κ2) is 15.7. The highest BCUT2D eigenvalue weighted by Gasteiger charge is 2.51. The summed E-state index contributed by atoms with van der Waals surface area (Å²) < 4.78 is 55.2. The van der Waals surface area contributed by atoms with Crippen molar-refractivity contribution in [1.29, 1.82) is 0 Å². The number of aryl methyl sites for hydroxylation is 2. The number of hydrogen-bond acceptors (Lipinski definition) is 12. The lowest BCUT2D eigenvalue weighted by atomic mass is 9.86. The summed E-state index contributed by atoms with van der Waals surface area (Å²) in [6.45, 7) is 1.04. The average molecular weight is 889 g/mol. The van der Waals surface area contributed by atoms with Crippen LogP contribution in [-0.4, -0.2) is 103 Å². The standard InChI is InChI=1S/C44H48ClF3N10O5/c1-55-32-9-6-27(18-30(32)36-37(41(55)61)63-22-43(46,47)38(52-36)24-3-4-24)50-39-31(45)19-49-42(53-39)58-16-13-26(44(48,62)21-58)20-57-14-11-23(12-15-57)25-5-7-28-33(17-25)56(2)54-35(28)29-8-10-34(59)51-40(29)60/h5-7,9,17-19,23-24,26,29,38,52,62H,3-4,8,10-16,20-22H2,1-2H3,(H,49,50,53)(H,51,59,60)/t26-,29?,38+,44-/m1/s1. The minimum Gasteiger partial charge on any atom is -0.480 e. The molecule has 4 fully saturated rings. The van der Waals surface area contributed by atoms with Crippen LogP contribution in [0.4, 0.5) is 36.3 Å². The van der Waals surface area contributed by atoms with Gasteiger partial charge in [-0.1, -0.05) is 23.7 Å². The number of nitrogens with zero attached hydrogens (tertiary/aromatic N) is 7. The van der Waals surface area contributed by atoms with E-state index >= 15 is 13.2 Å². The molecule has 1 saturated carbocycles. The summed E-state index contributed by atoms with van der Waals surface area (Å²) in [4.78, 5) is 50.4. The van der Waals surface area contributed by atoms with Crippen molar-refractivity contribution in [3.63, 3.8) is 0 Å². The lowest BCUT2D eigenvalue weighted by Gasteiger charge is -2.43. The van der Waals surface area contributed by atoms with Gasteiger partial charge in [-0.3, -0.25) is 24.4 Å². The number of nitrogens with one attached hydrogen (secondary N) is 3. The van der Waals surface area contributed by atoms with Gasteiger partial charge >= 0.3 is 5.92 Å². The third-order valence-corrected chi connectivity index (χ3v) is 14.0. The van der Waals surface area contributed by atoms with Crippen LogP contribution < -0.4 is 31.1 Å². The van der Waals surface area contributed by atoms with Crippen LogP contribution in [0.25, 0.3) is 21.8 Å². The molecule has 1 unspecified atom stereocenters. The lowest BCUT2D eigenvalue weighted by molar-refractivity contribution is -0.145. The predicted molar refractivity (Wildman–Crippen MR) is 231 cm³/mol. The van der Waals surface area contributed by atoms with E-state index in [0.717, 1.165) is 36.8 Å². The highest BCUT2D eigenvalue weighted by Crippen LogP contribution is 2.46. The van der Waals surface area contributed by atoms with Crippen LogP contribution in [0.3, 0.4) is 0 Å². The molecule has 0 spiro atoms. The summed E-state index contributed by atoms with van der Waals surface area (Å²) in [5, 5.41) is 26.1. The zero-order chi connectivity index (χ0) is 43.9. The second-order valence-corrected chi connectivity index (χ2v) is 18.3. The van der Waals surface area contributed by atoms with E-state index < -0.39 is 41.8 Å². The first-order valence-electron chi connectivity index (χ1n) is 21.6. The molecule has 332 valence electrons. The van der Waals surface area contributed by atoms with Crippen molar-refractivity contribution in [3.8, 4) is 5.75 Å². The number of aromatic nitrogens is 5. The number of alkyl halides is 3. The van der Waals surface area contributed by atoms with E-state index in [1.54, 1.807) is 34.8 Å². The van der Waals surface area contributed by atoms with Gasteiger partial charge in [-0.2, -0.15) is 10.1 Å². The van der Waals surface area contributed by atoms with Crippen molar-refractivity contribution in [3.05, 3.63) is 69.2 Å². The molecule has 1 aliphatic carbocycles. The molecule has 3 saturated heterocycles. The molecule has 10 rings (SSSR count). The molecule has 5 aliphatic rings. The van der Waals surface area contributed by atoms with Crippen LogP contribution in [0.15, 0.2) is 47.4 Å². The van der Waals surface area contributed by atoms with Crippen molar-refractivity contribution in [2.45, 2.75) is 74.6 Å². The Morgan fingerprint density at radius 1 is 0.968 bits per heavy atom. The van der Waals surface area contributed by atoms with Crippen molar-refractivity contribution in [1.82, 2.24) is 34.5 Å². The Kier molecular flexibility index (Phi) is 10.3. The monoisotopic (exact) mass is 888 g/mol. The first kappa shape index (κ1) is 41.5. The number of rotatable bonds is 8. The van der Waals surface area contributed by atoms with E-state index in [1.807, 2.05) is 13.1 Å². The molecular weight excluding hydrogens is 841 g/mol. The molecule has 4 N–H and O–H groups in total. The number of ether oxygens (including phenoxy) is 1. The first-order valence-corrected chi connectivity index (χ1v) is 21.9. The van der Waals surface area contributed by atoms with Crippen LogP contribution >= 0.6 is 11.6 Å². The minimum atomic E-state index is -3.18. The van der Waals surface area contributed by atoms with Gasteiger partial charge in [0.2, 0.25) is 29.4 Å². The first-order chi connectivity index (χ1) is 30.1. The van der Waals surface area contributed by atoms with Crippen molar-refractivity contribution >= 4 is 68.4 Å². The van der Waals surface area contributed by atoms with Crippen molar-refractivity contribution in [2.75, 3.05) is 54.9 Å². The molecule has 7 heterocycles. The molecule has 0 bridgehead atoms. The number of likely N-dealkylation sites (tertiary alicyclic amines) is 1. The van der Waals surface area contributed by atoms with E-state index in [-0.39, 0.29) is 64.8 Å². The van der Waals surface area contributed by atoms with Crippen LogP contribution in [0.5, 0.6) is 5.75 Å². The number of pyridine rings is 1. The number of imide groups is 1. The molecule has 15 nitrogen and oxygen atoms in total. The van der Waals surface area contributed by atoms with Crippen LogP contribution in [0.1, 0.15) is 68.0 Å². The van der Waals surface area contributed by atoms with Crippen LogP contribution in [-0.2, 0) is 23.7 Å². The Hall–Kier alpha value is -5.46. The quantitative estimate of drug-likeness (QED) is 0.140. The van der Waals surface area contributed by atoms with Crippen LogP contribution in [0.2, 0.25) is 5.02 Å². The Bertz CT molecular complexity index is 2720. The molecular formula is C44H48ClF3N10O5. The maximum absolute atomic E-state index is 16.2. The average Bonchev–Trinajstić information content (AvgIpc) is 4.06. The highest BCUT2D eigenvalue weighted by molar-refractivity contribution is 6.33. The number of aliphatic hydroxyl groups is 1. The van der Waals surface area contributed by atoms with Gasteiger partial charge in [0.05, 0.1) is 47.1 Å². The molecule has 4 aliphatic heterocycles. The SMILES string of the molecule is Cn1nc(C2CCC(=O)NC2=O)c2ccc(C3CCN(C[C@H]4CCN(c5ncc(Cl)c(Nc6ccc7c(c6)c6c(c(=O)n7C)OCC(F)(F)[C@H](C7CC7)N6)n5)C[C@]4(O)F)CC3)cc21. The molecule has 63 heavy (non-hydrogen) atoms. The minimum absolute atomic E-state index is 0.164. The summed E-state index contributed by atoms with van der Waals surface area (Å²) in [5.74, 6) is -7.08. The van der Waals surface area contributed by atoms with E-state index in [2.05, 4.69) is 48.0 Å². The number of piperidine rings is 3. The highest BCUT2D eigenvalue weighted by atomic mass is 35.5. The summed E-state index contributed by atoms with van der Waals surface area (Å²) >= 11 is 6.56. The predicted octanol–water partition coefficient (Wildman–Crippen LogP) is 5.71. The number of carbonyl (C=O) groups is 2. The van der Waals surface area contributed by atoms with Gasteiger partial charge in [0.25, 0.3) is 5.56 Å². The van der Waals surface area contributed by atoms with E-state index in [0.29, 0.717) is 61.1 Å². The fourth-order valence-electron chi connectivity index (χ4n) is 9.96. The molecule has 2 aromatic carbocycles. The Morgan fingerprint density at radius 3 is 2.51 bits per heavy atom. The second-order valence-electron chi connectivity index (χ2n) is 17.9. The molecule has 4 atom stereocenters. The van der Waals surface area contributed by atoms with E-state index in [4.69, 9.17) is 16.3 Å². The third-order valence-electron chi connectivity index (χ3n) is 13.7. The van der Waals surface area contributed by atoms with Gasteiger partial charge in [-0.15, -0.1) is 0 Å². The number of benzene rings is 2. The third kappa shape index (κ3) is 7.73. The lowest BCUT2D eigenvalue weighted by Crippen LogP contribution is -2.55. The zero-order valence-corrected chi connectivity index (χ0v) is 35.6. The Morgan fingerprint density at radius 2 is 1.76 bits per heavy atom. The zero-order valence-electron chi connectivity index (χ0n) is 34.8. The van der Waals surface area contributed by atoms with Gasteiger partial charge in [-0.05, 0) is 93.3 Å². The fraction of sp³-hybridized carbons (Fsp3) is 0.500. The largest absolute Gasteiger partial charge is 0.480 e. The van der Waals surface area contributed by atoms with Gasteiger partial charge < -0.3 is 34.8 Å². The number of anilines is 4. The van der Waals surface area contributed by atoms with Crippen molar-refractivity contribution < 1.29 is 32.6 Å². The maximum atomic E-state index is 16.2. The van der Waals surface area contributed by atoms with Gasteiger partial charge in [0.15, 0.2) is 12.4 Å². The summed E-state index contributed by atoms with van der Waals surface area (Å²) in [7, 11) is 3.42. The summed E-state index contributed by atoms with van der Waals surface area (Å²) in [5.41, 5.74) is 3.48. The Labute approximate surface area is 364 Å². The number of hydrogen-bond donors (Lipinski definition) is 4. The topological polar surface area (TPSA) is 172 Å². The smallest absolute Gasteiger partial charge is 0.301 e. The summed E-state index contributed by atoms with van der Waals surface area (Å²) in [6.07, 6.45) is 5.53. The number of β-amino-alcohol motifs (C(OH)–C–C–N with tert-alkyl or cyclic N) is 1. The number of halogens is 4. The molecule has 5 aromatic rings. The van der Waals surface area contributed by atoms with E-state index in [9.17, 15) is 19.5 Å². The molecule has 2 amide bonds. The summed E-state index contributed by atoms with van der Waals surface area (Å²) in [6, 6.07) is 10.2. The van der Waals surface area contributed by atoms with Gasteiger partial charge in [0, 0.05) is 56.0 Å². The molecule has 19 heteroatoms. The number of amides is 2. The molecule has 3 aromatic heterocycles. The van der Waals surface area contributed by atoms with Gasteiger partial charge in [-0.25, -0.2) is 18.2 Å².